The molecule has 0 aliphatic rings. The van der Waals surface area contributed by atoms with Crippen LogP contribution < -0.4 is 5.73 Å². The average molecular weight is 223 g/mol. The van der Waals surface area contributed by atoms with Crippen LogP contribution in [0.2, 0.25) is 0 Å². The number of nitriles is 1. The van der Waals surface area contributed by atoms with E-state index in [-0.39, 0.29) is 6.54 Å². The Morgan fingerprint density at radius 1 is 1.47 bits per heavy atom. The maximum Gasteiger partial charge on any atom is 0.135 e. The third-order valence-electron chi connectivity index (χ3n) is 1.98. The molecule has 0 bridgehead atoms. The third-order valence-corrected chi connectivity index (χ3v) is 3.75. The molecule has 1 aromatic rings. The minimum atomic E-state index is -2.44. The second kappa shape index (κ2) is 4.91. The summed E-state index contributed by atoms with van der Waals surface area (Å²) in [6.45, 7) is 0.411. The largest absolute Gasteiger partial charge is 0.326 e. The predicted octanol–water partition coefficient (Wildman–Crippen LogP) is 1.13. The first kappa shape index (κ1) is 11.7. The molecule has 0 radical (unpaired) electrons. The van der Waals surface area contributed by atoms with Crippen LogP contribution in [0, 0.1) is 11.3 Å². The molecule has 80 valence electrons. The highest BCUT2D eigenvalue weighted by atomic mass is 32.2. The van der Waals surface area contributed by atoms with Gasteiger partial charge in [0.15, 0.2) is 0 Å². The molecule has 0 aromatic heterocycles. The lowest BCUT2D eigenvalue weighted by Gasteiger charge is -2.04. The minimum Gasteiger partial charge on any atom is -0.326 e. The molecule has 0 fully saturated rings. The Morgan fingerprint density at radius 3 is 2.53 bits per heavy atom. The van der Waals surface area contributed by atoms with Crippen molar-refractivity contribution in [2.75, 3.05) is 12.8 Å². The zero-order valence-electron chi connectivity index (χ0n) is 8.51. The van der Waals surface area contributed by atoms with Gasteiger partial charge >= 0.3 is 0 Å². The molecule has 15 heavy (non-hydrogen) atoms. The molecule has 0 amide bonds. The lowest BCUT2D eigenvalue weighted by atomic mass is 10.2. The van der Waals surface area contributed by atoms with Crippen molar-refractivity contribution < 1.29 is 4.21 Å². The van der Waals surface area contributed by atoms with Gasteiger partial charge in [0.2, 0.25) is 0 Å². The summed E-state index contributed by atoms with van der Waals surface area (Å²) in [5.74, 6) is 0. The first-order chi connectivity index (χ1) is 7.10. The molecule has 0 aliphatic carbocycles. The summed E-state index contributed by atoms with van der Waals surface area (Å²) in [7, 11) is -2.44. The van der Waals surface area contributed by atoms with Gasteiger partial charge in [-0.3, -0.25) is 0 Å². The van der Waals surface area contributed by atoms with Crippen LogP contribution >= 0.6 is 0 Å². The number of nitrogens with two attached hydrogens (primary N) is 1. The fourth-order valence-electron chi connectivity index (χ4n) is 1.10. The second-order valence-corrected chi connectivity index (χ2v) is 5.43. The van der Waals surface area contributed by atoms with Crippen LogP contribution in [-0.4, -0.2) is 17.0 Å². The fraction of sp³-hybridized carbons (Fsp3) is 0.300. The molecule has 0 saturated carbocycles. The summed E-state index contributed by atoms with van der Waals surface area (Å²) in [4.78, 5) is 0.634. The van der Waals surface area contributed by atoms with Gasteiger partial charge in [-0.1, -0.05) is 12.1 Å². The highest BCUT2D eigenvalue weighted by Crippen LogP contribution is 2.12. The van der Waals surface area contributed by atoms with E-state index in [1.165, 1.54) is 6.26 Å². The van der Waals surface area contributed by atoms with Gasteiger partial charge in [-0.15, -0.1) is 0 Å². The van der Waals surface area contributed by atoms with E-state index >= 15 is 0 Å². The lowest BCUT2D eigenvalue weighted by molar-refractivity contribution is 0.679. The molecule has 2 N–H and O–H groups in total. The average Bonchev–Trinajstić information content (AvgIpc) is 2.26. The number of nitrogens with zero attached hydrogens (tertiary/aromatic N) is 2. The van der Waals surface area contributed by atoms with Gasteiger partial charge in [-0.05, 0) is 17.7 Å². The summed E-state index contributed by atoms with van der Waals surface area (Å²) in [5, 5.41) is 8.37. The summed E-state index contributed by atoms with van der Waals surface area (Å²) in [6.07, 6.45) is 1.53. The topological polar surface area (TPSA) is 79.2 Å². The molecule has 1 rings (SSSR count). The molecule has 4 nitrogen and oxygen atoms in total. The van der Waals surface area contributed by atoms with Crippen molar-refractivity contribution in [2.24, 2.45) is 10.1 Å². The summed E-state index contributed by atoms with van der Waals surface area (Å²) < 4.78 is 15.8. The van der Waals surface area contributed by atoms with Gasteiger partial charge in [0.25, 0.3) is 0 Å². The maximum atomic E-state index is 12.0. The summed E-state index contributed by atoms with van der Waals surface area (Å²) >= 11 is 0. The van der Waals surface area contributed by atoms with Gasteiger partial charge in [0, 0.05) is 17.7 Å². The zero-order chi connectivity index (χ0) is 11.3. The monoisotopic (exact) mass is 223 g/mol. The van der Waals surface area contributed by atoms with Crippen molar-refractivity contribution in [3.63, 3.8) is 0 Å². The van der Waals surface area contributed by atoms with Crippen LogP contribution in [0.4, 0.5) is 0 Å². The Kier molecular flexibility index (Phi) is 3.83. The van der Waals surface area contributed by atoms with Crippen LogP contribution in [0.1, 0.15) is 5.56 Å². The van der Waals surface area contributed by atoms with Gasteiger partial charge in [-0.2, -0.15) is 5.26 Å². The number of rotatable bonds is 3. The lowest BCUT2D eigenvalue weighted by Crippen LogP contribution is -2.00. The van der Waals surface area contributed by atoms with Crippen molar-refractivity contribution in [3.05, 3.63) is 29.8 Å². The first-order valence-electron chi connectivity index (χ1n) is 4.44. The number of hydrogen-bond donors (Lipinski definition) is 1. The molecule has 0 spiro atoms. The molecule has 0 heterocycles. The van der Waals surface area contributed by atoms with Crippen LogP contribution in [0.15, 0.2) is 33.5 Å². The molecule has 1 aromatic carbocycles. The highest BCUT2D eigenvalue weighted by molar-refractivity contribution is 7.93. The molecule has 0 aliphatic heterocycles. The highest BCUT2D eigenvalue weighted by Gasteiger charge is 2.04. The number of benzene rings is 1. The summed E-state index contributed by atoms with van der Waals surface area (Å²) in [5.41, 5.74) is 6.43. The van der Waals surface area contributed by atoms with Crippen LogP contribution in [0.5, 0.6) is 0 Å². The Bertz CT molecular complexity index is 478. The Balaban J connectivity index is 3.07. The van der Waals surface area contributed by atoms with E-state index in [0.717, 1.165) is 5.56 Å². The van der Waals surface area contributed by atoms with E-state index in [9.17, 15) is 4.21 Å². The van der Waals surface area contributed by atoms with E-state index in [4.69, 9.17) is 11.0 Å². The van der Waals surface area contributed by atoms with Crippen LogP contribution in [-0.2, 0) is 16.3 Å². The normalized spacial score (nSPS) is 13.9. The second-order valence-electron chi connectivity index (χ2n) is 3.10. The fourth-order valence-corrected chi connectivity index (χ4v) is 2.20. The van der Waals surface area contributed by atoms with Gasteiger partial charge in [-0.25, -0.2) is 8.57 Å². The molecule has 0 saturated heterocycles. The Labute approximate surface area is 89.9 Å². The SMILES string of the molecule is CS(=O)(=NCC#N)c1ccc(CN)cc1. The molecule has 5 heteroatoms. The minimum absolute atomic E-state index is 0.0476. The maximum absolute atomic E-state index is 12.0. The van der Waals surface area contributed by atoms with Crippen molar-refractivity contribution in [3.8, 4) is 6.07 Å². The van der Waals surface area contributed by atoms with Crippen molar-refractivity contribution >= 4 is 9.73 Å². The first-order valence-corrected chi connectivity index (χ1v) is 6.36. The quantitative estimate of drug-likeness (QED) is 0.780. The van der Waals surface area contributed by atoms with E-state index in [1.54, 1.807) is 12.1 Å². The number of hydrogen-bond acceptors (Lipinski definition) is 4. The van der Waals surface area contributed by atoms with E-state index in [2.05, 4.69) is 4.36 Å². The van der Waals surface area contributed by atoms with Gasteiger partial charge in [0.05, 0.1) is 15.8 Å². The molecular formula is C10H13N3OS. The Hall–Kier alpha value is -1.38. The molecular weight excluding hydrogens is 210 g/mol. The van der Waals surface area contributed by atoms with E-state index in [1.807, 2.05) is 18.2 Å². The Morgan fingerprint density at radius 2 is 2.07 bits per heavy atom. The summed E-state index contributed by atoms with van der Waals surface area (Å²) in [6, 6.07) is 8.97. The van der Waals surface area contributed by atoms with Crippen molar-refractivity contribution in [2.45, 2.75) is 11.4 Å². The van der Waals surface area contributed by atoms with Crippen molar-refractivity contribution in [1.82, 2.24) is 0 Å². The van der Waals surface area contributed by atoms with Crippen molar-refractivity contribution in [1.29, 1.82) is 5.26 Å². The smallest absolute Gasteiger partial charge is 0.135 e. The molecule has 1 unspecified atom stereocenters. The van der Waals surface area contributed by atoms with Crippen LogP contribution in [0.3, 0.4) is 0 Å². The van der Waals surface area contributed by atoms with Gasteiger partial charge in [0.1, 0.15) is 6.54 Å². The predicted molar refractivity (Wildman–Crippen MR) is 59.6 cm³/mol. The van der Waals surface area contributed by atoms with Crippen LogP contribution in [0.25, 0.3) is 0 Å². The molecule has 1 atom stereocenters. The zero-order valence-corrected chi connectivity index (χ0v) is 9.33. The third kappa shape index (κ3) is 3.05. The van der Waals surface area contributed by atoms with E-state index < -0.39 is 9.73 Å². The van der Waals surface area contributed by atoms with E-state index in [0.29, 0.717) is 11.4 Å². The standard InChI is InChI=1S/C10H13N3OS/c1-15(14,13-7-6-11)10-4-2-9(8-12)3-5-10/h2-5H,7-8,12H2,1H3. The van der Waals surface area contributed by atoms with Gasteiger partial charge < -0.3 is 5.73 Å².